The predicted octanol–water partition coefficient (Wildman–Crippen LogP) is -4.92. The number of hydrogen-bond donors (Lipinski definition) is 0. The van der Waals surface area contributed by atoms with Crippen LogP contribution in [0.4, 0.5) is 0 Å². The van der Waals surface area contributed by atoms with Gasteiger partial charge in [-0.1, -0.05) is 0 Å². The molecule has 0 amide bonds. The van der Waals surface area contributed by atoms with Crippen LogP contribution in [0.15, 0.2) is 0 Å². The molecule has 0 unspecified atom stereocenters. The second-order valence-electron chi connectivity index (χ2n) is 0.192. The van der Waals surface area contributed by atoms with Crippen molar-refractivity contribution >= 4 is 12.9 Å². The Balaban J connectivity index is -0.00000000889. The van der Waals surface area contributed by atoms with Crippen molar-refractivity contribution in [3.63, 3.8) is 0 Å². The maximum Gasteiger partial charge on any atom is 2.00 e. The van der Waals surface area contributed by atoms with Gasteiger partial charge in [-0.2, -0.15) is 0 Å². The Kier molecular flexibility index (Phi) is 622. The third-order valence-electron chi connectivity index (χ3n) is 0. The van der Waals surface area contributed by atoms with Crippen LogP contribution >= 0.6 is 0 Å². The summed E-state index contributed by atoms with van der Waals surface area (Å²) in [5, 5.41) is 16.5. The molecule has 0 aliphatic carbocycles. The topological polar surface area (TPSA) is 143 Å². The third-order valence-corrected chi connectivity index (χ3v) is 0. The van der Waals surface area contributed by atoms with E-state index < -0.39 is 12.9 Å². The average Bonchev–Trinajstić information content (AvgIpc) is 1.39. The maximum absolute atomic E-state index is 8.25. The summed E-state index contributed by atoms with van der Waals surface area (Å²) >= 11 is 0. The standard InChI is InChI=1S/2CH2O2.2H2O.Zn/c2*2-1-3;;;/h2*1H,(H,2,3);2*1H2;/q;;;;+2/p-2. The van der Waals surface area contributed by atoms with E-state index in [0.29, 0.717) is 0 Å². The van der Waals surface area contributed by atoms with Crippen molar-refractivity contribution in [2.75, 3.05) is 0 Å². The Morgan fingerprint density at radius 1 is 0.889 bits per heavy atom. The van der Waals surface area contributed by atoms with Crippen LogP contribution in [0.25, 0.3) is 0 Å². The molecule has 0 aromatic heterocycles. The van der Waals surface area contributed by atoms with Gasteiger partial charge in [-0.3, -0.25) is 0 Å². The van der Waals surface area contributed by atoms with E-state index in [4.69, 9.17) is 19.8 Å². The molecule has 0 aliphatic rings. The van der Waals surface area contributed by atoms with Crippen LogP contribution in [0.5, 0.6) is 0 Å². The van der Waals surface area contributed by atoms with Crippen LogP contribution in [-0.2, 0) is 29.1 Å². The molecule has 0 aromatic carbocycles. The van der Waals surface area contributed by atoms with Gasteiger partial charge >= 0.3 is 19.5 Å². The summed E-state index contributed by atoms with van der Waals surface area (Å²) in [4.78, 5) is 16.5. The van der Waals surface area contributed by atoms with Gasteiger partial charge in [0.05, 0.1) is 0 Å². The zero-order valence-corrected chi connectivity index (χ0v) is 7.46. The molecule has 6 nitrogen and oxygen atoms in total. The summed E-state index contributed by atoms with van der Waals surface area (Å²) in [7, 11) is 0. The summed E-state index contributed by atoms with van der Waals surface area (Å²) < 4.78 is 0. The minimum atomic E-state index is -0.500. The van der Waals surface area contributed by atoms with Crippen molar-refractivity contribution in [1.29, 1.82) is 0 Å². The van der Waals surface area contributed by atoms with E-state index in [1.165, 1.54) is 0 Å². The Hall–Kier alpha value is -0.517. The van der Waals surface area contributed by atoms with Crippen molar-refractivity contribution in [3.8, 4) is 0 Å². The van der Waals surface area contributed by atoms with E-state index in [-0.39, 0.29) is 30.4 Å². The van der Waals surface area contributed by atoms with Gasteiger partial charge in [0.1, 0.15) is 0 Å². The van der Waals surface area contributed by atoms with Gasteiger partial charge in [-0.15, -0.1) is 0 Å². The Morgan fingerprint density at radius 3 is 0.889 bits per heavy atom. The molecule has 0 aromatic rings. The Bertz CT molecular complexity index is 32.0. The van der Waals surface area contributed by atoms with Gasteiger partial charge in [0.25, 0.3) is 0 Å². The summed E-state index contributed by atoms with van der Waals surface area (Å²) in [5.74, 6) is 0. The summed E-state index contributed by atoms with van der Waals surface area (Å²) in [6.07, 6.45) is 0. The van der Waals surface area contributed by atoms with Crippen LogP contribution in [0, 0.1) is 0 Å². The van der Waals surface area contributed by atoms with Crippen LogP contribution in [0.2, 0.25) is 0 Å². The smallest absolute Gasteiger partial charge is 0.554 e. The first-order chi connectivity index (χ1) is 2.83. The van der Waals surface area contributed by atoms with Crippen molar-refractivity contribution < 1.29 is 50.2 Å². The predicted molar refractivity (Wildman–Crippen MR) is 19.4 cm³/mol. The molecule has 0 bridgehead atoms. The third kappa shape index (κ3) is 843. The van der Waals surface area contributed by atoms with E-state index in [2.05, 4.69) is 0 Å². The molecular weight excluding hydrogens is 185 g/mol. The second-order valence-corrected chi connectivity index (χ2v) is 0.192. The number of rotatable bonds is 0. The Morgan fingerprint density at radius 2 is 0.889 bits per heavy atom. The van der Waals surface area contributed by atoms with Crippen molar-refractivity contribution in [3.05, 3.63) is 0 Å². The molecule has 7 heteroatoms. The molecule has 0 aliphatic heterocycles. The van der Waals surface area contributed by atoms with Gasteiger partial charge in [-0.25, -0.2) is 0 Å². The zero-order chi connectivity index (χ0) is 5.41. The monoisotopic (exact) mass is 190 g/mol. The van der Waals surface area contributed by atoms with Crippen LogP contribution < -0.4 is 10.2 Å². The van der Waals surface area contributed by atoms with Gasteiger partial charge in [0.15, 0.2) is 0 Å². The minimum absolute atomic E-state index is 0. The molecule has 0 fully saturated rings. The fourth-order valence-corrected chi connectivity index (χ4v) is 0. The quantitative estimate of drug-likeness (QED) is 0.279. The minimum Gasteiger partial charge on any atom is -0.554 e. The van der Waals surface area contributed by atoms with Gasteiger partial charge in [-0.05, 0) is 0 Å². The number of carboxylic acid groups (broad SMARTS) is 2. The summed E-state index contributed by atoms with van der Waals surface area (Å²) in [5.41, 5.74) is 0. The molecule has 0 radical (unpaired) electrons. The van der Waals surface area contributed by atoms with E-state index in [1.807, 2.05) is 0 Å². The SMILES string of the molecule is O.O.O=C[O-].O=C[O-].[Zn+2]. The molecule has 0 spiro atoms. The largest absolute Gasteiger partial charge is 2.00 e. The number of carbonyl (C=O) groups is 2. The van der Waals surface area contributed by atoms with Gasteiger partial charge in [0, 0.05) is 12.9 Å². The first-order valence-corrected chi connectivity index (χ1v) is 0.943. The maximum atomic E-state index is 8.25. The van der Waals surface area contributed by atoms with Crippen molar-refractivity contribution in [2.24, 2.45) is 0 Å². The molecule has 0 saturated carbocycles. The average molecular weight is 191 g/mol. The normalized spacial score (nSPS) is 2.67. The second kappa shape index (κ2) is 143. The summed E-state index contributed by atoms with van der Waals surface area (Å²) in [6, 6.07) is 0. The molecule has 4 N–H and O–H groups in total. The van der Waals surface area contributed by atoms with Crippen LogP contribution in [0.1, 0.15) is 0 Å². The van der Waals surface area contributed by atoms with Crippen LogP contribution in [0.3, 0.4) is 0 Å². The first kappa shape index (κ1) is 39.2. The zero-order valence-electron chi connectivity index (χ0n) is 4.49. The number of hydrogen-bond acceptors (Lipinski definition) is 4. The van der Waals surface area contributed by atoms with E-state index in [1.54, 1.807) is 0 Å². The van der Waals surface area contributed by atoms with E-state index >= 15 is 0 Å². The summed E-state index contributed by atoms with van der Waals surface area (Å²) in [6.45, 7) is -1.00. The van der Waals surface area contributed by atoms with Gasteiger partial charge < -0.3 is 30.8 Å². The molecule has 0 saturated heterocycles. The molecule has 0 rings (SSSR count). The number of carbonyl (C=O) groups excluding carboxylic acids is 2. The molecular formula is C2H6O6Zn. The van der Waals surface area contributed by atoms with Crippen molar-refractivity contribution in [1.82, 2.24) is 0 Å². The first-order valence-electron chi connectivity index (χ1n) is 0.943. The van der Waals surface area contributed by atoms with E-state index in [9.17, 15) is 0 Å². The fourth-order valence-electron chi connectivity index (χ4n) is 0. The van der Waals surface area contributed by atoms with Gasteiger partial charge in [0.2, 0.25) is 0 Å². The molecule has 52 valence electrons. The van der Waals surface area contributed by atoms with Crippen molar-refractivity contribution in [2.45, 2.75) is 0 Å². The molecule has 9 heavy (non-hydrogen) atoms. The molecule has 0 atom stereocenters. The fraction of sp³-hybridized carbons (Fsp3) is 0. The van der Waals surface area contributed by atoms with E-state index in [0.717, 1.165) is 0 Å². The van der Waals surface area contributed by atoms with Crippen LogP contribution in [-0.4, -0.2) is 23.9 Å². The Labute approximate surface area is 63.9 Å². The molecule has 0 heterocycles.